The van der Waals surface area contributed by atoms with Gasteiger partial charge in [0, 0.05) is 37.2 Å². The summed E-state index contributed by atoms with van der Waals surface area (Å²) in [6.07, 6.45) is 3.05. The summed E-state index contributed by atoms with van der Waals surface area (Å²) in [5.74, 6) is -0.707. The summed E-state index contributed by atoms with van der Waals surface area (Å²) in [6.45, 7) is 0.453. The van der Waals surface area contributed by atoms with Crippen LogP contribution in [0.2, 0.25) is 0 Å². The summed E-state index contributed by atoms with van der Waals surface area (Å²) < 4.78 is 11.4. The van der Waals surface area contributed by atoms with E-state index < -0.39 is 17.4 Å². The van der Waals surface area contributed by atoms with Crippen LogP contribution in [-0.4, -0.2) is 46.7 Å². The Morgan fingerprint density at radius 2 is 2.00 bits per heavy atom. The van der Waals surface area contributed by atoms with Crippen molar-refractivity contribution in [2.45, 2.75) is 43.5 Å². The second-order valence-corrected chi connectivity index (χ2v) is 9.48. The third-order valence-electron chi connectivity index (χ3n) is 7.33. The molecule has 3 atom stereocenters. The number of aromatic nitrogens is 1. The van der Waals surface area contributed by atoms with Crippen LogP contribution in [0.15, 0.2) is 47.0 Å². The number of carbonyl (C=O) groups is 2. The maximum absolute atomic E-state index is 12.4. The van der Waals surface area contributed by atoms with E-state index in [1.165, 1.54) is 4.90 Å². The highest BCUT2D eigenvalue weighted by Crippen LogP contribution is 2.44. The summed E-state index contributed by atoms with van der Waals surface area (Å²) >= 11 is 0. The number of amides is 2. The minimum Gasteiger partial charge on any atom is -0.373 e. The molecule has 8 nitrogen and oxygen atoms in total. The van der Waals surface area contributed by atoms with Gasteiger partial charge in [-0.15, -0.1) is 0 Å². The van der Waals surface area contributed by atoms with E-state index in [2.05, 4.69) is 11.2 Å². The molecule has 3 N–H and O–H groups in total. The Balaban J connectivity index is 1.38. The lowest BCUT2D eigenvalue weighted by atomic mass is 9.88. The van der Waals surface area contributed by atoms with Crippen LogP contribution >= 0.6 is 0 Å². The van der Waals surface area contributed by atoms with Crippen LogP contribution in [0.1, 0.15) is 52.6 Å². The number of nitrogens with zero attached hydrogens (tertiary/aromatic N) is 2. The molecule has 2 aromatic carbocycles. The molecule has 34 heavy (non-hydrogen) atoms. The Kier molecular flexibility index (Phi) is 4.65. The van der Waals surface area contributed by atoms with Gasteiger partial charge in [-0.3, -0.25) is 9.59 Å². The average molecular weight is 460 g/mol. The molecule has 8 heteroatoms. The van der Waals surface area contributed by atoms with Crippen molar-refractivity contribution in [1.29, 1.82) is 0 Å². The van der Waals surface area contributed by atoms with E-state index in [4.69, 9.17) is 15.0 Å². The molecular formula is C26H25N3O5. The Labute approximate surface area is 196 Å². The predicted octanol–water partition coefficient (Wildman–Crippen LogP) is 2.93. The largest absolute Gasteiger partial charge is 0.373 e. The molecular weight excluding hydrogens is 434 g/mol. The SMILES string of the molecule is CN1CCC(O)(c2cc(-c3cccc(-c4cc5c(c(C(N)=O)c4)C4CCC(C5)O4)c3)no2)C1=O. The molecule has 0 radical (unpaired) electrons. The minimum atomic E-state index is -1.69. The molecule has 0 aliphatic carbocycles. The van der Waals surface area contributed by atoms with Gasteiger partial charge in [-0.25, -0.2) is 0 Å². The topological polar surface area (TPSA) is 119 Å². The number of hydrogen-bond acceptors (Lipinski definition) is 6. The number of carbonyl (C=O) groups excluding carboxylic acids is 2. The normalized spacial score (nSPS) is 25.6. The molecule has 3 unspecified atom stereocenters. The fourth-order valence-electron chi connectivity index (χ4n) is 5.49. The summed E-state index contributed by atoms with van der Waals surface area (Å²) in [7, 11) is 1.65. The fraction of sp³-hybridized carbons (Fsp3) is 0.346. The van der Waals surface area contributed by atoms with Gasteiger partial charge in [-0.1, -0.05) is 29.4 Å². The van der Waals surface area contributed by atoms with Crippen molar-refractivity contribution in [2.24, 2.45) is 5.73 Å². The first-order valence-corrected chi connectivity index (χ1v) is 11.5. The van der Waals surface area contributed by atoms with Crippen molar-refractivity contribution < 1.29 is 24.0 Å². The van der Waals surface area contributed by atoms with Gasteiger partial charge in [0.05, 0.1) is 12.2 Å². The average Bonchev–Trinajstić information content (AvgIpc) is 3.55. The number of nitrogens with two attached hydrogens (primary N) is 1. The van der Waals surface area contributed by atoms with E-state index in [9.17, 15) is 14.7 Å². The van der Waals surface area contributed by atoms with Gasteiger partial charge in [0.25, 0.3) is 5.91 Å². The number of likely N-dealkylation sites (N-methyl/N-ethyl adjacent to an activating group) is 1. The molecule has 6 rings (SSSR count). The van der Waals surface area contributed by atoms with E-state index in [1.807, 2.05) is 30.3 Å². The molecule has 2 fully saturated rings. The Bertz CT molecular complexity index is 1330. The lowest BCUT2D eigenvalue weighted by Crippen LogP contribution is -2.35. The first-order chi connectivity index (χ1) is 16.3. The first kappa shape index (κ1) is 21.1. The van der Waals surface area contributed by atoms with Crippen molar-refractivity contribution in [3.8, 4) is 22.4 Å². The maximum Gasteiger partial charge on any atom is 0.262 e. The van der Waals surface area contributed by atoms with Gasteiger partial charge in [-0.2, -0.15) is 0 Å². The smallest absolute Gasteiger partial charge is 0.262 e. The van der Waals surface area contributed by atoms with Gasteiger partial charge in [0.1, 0.15) is 5.69 Å². The molecule has 0 saturated carbocycles. The number of aliphatic hydroxyl groups is 1. The number of primary amides is 1. The van der Waals surface area contributed by atoms with Crippen molar-refractivity contribution in [3.05, 3.63) is 64.9 Å². The standard InChI is InChI=1S/C26H25N3O5/c1-29-8-7-26(32,25(29)31)22-13-20(28-34-22)15-4-2-3-14(9-15)16-10-17-11-18-5-6-21(33-18)23(17)19(12-16)24(27)30/h2-4,9-10,12-13,18,21,32H,5-8,11H2,1H3,(H2,27,30). The molecule has 0 spiro atoms. The molecule has 4 heterocycles. The van der Waals surface area contributed by atoms with E-state index in [-0.39, 0.29) is 24.4 Å². The molecule has 2 bridgehead atoms. The molecule has 3 aliphatic heterocycles. The number of benzene rings is 2. The van der Waals surface area contributed by atoms with E-state index >= 15 is 0 Å². The number of rotatable bonds is 4. The van der Waals surface area contributed by atoms with Crippen LogP contribution < -0.4 is 5.73 Å². The zero-order chi connectivity index (χ0) is 23.6. The summed E-state index contributed by atoms with van der Waals surface area (Å²) in [4.78, 5) is 26.2. The van der Waals surface area contributed by atoms with Crippen molar-refractivity contribution in [2.75, 3.05) is 13.6 Å². The second-order valence-electron chi connectivity index (χ2n) is 9.48. The zero-order valence-electron chi connectivity index (χ0n) is 18.8. The highest BCUT2D eigenvalue weighted by molar-refractivity contribution is 5.96. The maximum atomic E-state index is 12.4. The predicted molar refractivity (Wildman–Crippen MR) is 123 cm³/mol. The highest BCUT2D eigenvalue weighted by atomic mass is 16.5. The molecule has 1 aromatic heterocycles. The first-order valence-electron chi connectivity index (χ1n) is 11.5. The number of likely N-dealkylation sites (tertiary alicyclic amines) is 1. The summed E-state index contributed by atoms with van der Waals surface area (Å²) in [5, 5.41) is 15.0. The fourth-order valence-corrected chi connectivity index (χ4v) is 5.49. The Morgan fingerprint density at radius 3 is 2.76 bits per heavy atom. The third-order valence-corrected chi connectivity index (χ3v) is 7.33. The van der Waals surface area contributed by atoms with Gasteiger partial charge in [0.15, 0.2) is 5.76 Å². The summed E-state index contributed by atoms with van der Waals surface area (Å²) in [5.41, 5.74) is 9.73. The molecule has 3 aromatic rings. The van der Waals surface area contributed by atoms with Crippen molar-refractivity contribution in [3.63, 3.8) is 0 Å². The molecule has 2 amide bonds. The lowest BCUT2D eigenvalue weighted by molar-refractivity contribution is -0.144. The number of fused-ring (bicyclic) bond motifs is 4. The van der Waals surface area contributed by atoms with Gasteiger partial charge >= 0.3 is 0 Å². The molecule has 174 valence electrons. The van der Waals surface area contributed by atoms with Crippen LogP contribution in [0, 0.1) is 0 Å². The highest BCUT2D eigenvalue weighted by Gasteiger charge is 2.48. The Morgan fingerprint density at radius 1 is 1.18 bits per heavy atom. The van der Waals surface area contributed by atoms with Gasteiger partial charge in [0.2, 0.25) is 11.5 Å². The molecule has 3 aliphatic rings. The van der Waals surface area contributed by atoms with Crippen LogP contribution in [0.4, 0.5) is 0 Å². The number of ether oxygens (including phenoxy) is 1. The lowest BCUT2D eigenvalue weighted by Gasteiger charge is -2.26. The van der Waals surface area contributed by atoms with Crippen molar-refractivity contribution in [1.82, 2.24) is 10.1 Å². The van der Waals surface area contributed by atoms with Crippen molar-refractivity contribution >= 4 is 11.8 Å². The van der Waals surface area contributed by atoms with Gasteiger partial charge < -0.3 is 25.0 Å². The minimum absolute atomic E-state index is 0.0617. The molecule has 2 saturated heterocycles. The van der Waals surface area contributed by atoms with E-state index in [0.717, 1.165) is 47.1 Å². The summed E-state index contributed by atoms with van der Waals surface area (Å²) in [6, 6.07) is 13.3. The zero-order valence-corrected chi connectivity index (χ0v) is 18.8. The van der Waals surface area contributed by atoms with Gasteiger partial charge in [-0.05, 0) is 53.6 Å². The van der Waals surface area contributed by atoms with Crippen LogP contribution in [0.5, 0.6) is 0 Å². The van der Waals surface area contributed by atoms with E-state index in [0.29, 0.717) is 17.8 Å². The van der Waals surface area contributed by atoms with Crippen LogP contribution in [-0.2, 0) is 21.6 Å². The van der Waals surface area contributed by atoms with Crippen LogP contribution in [0.25, 0.3) is 22.4 Å². The quantitative estimate of drug-likeness (QED) is 0.619. The second kappa shape index (κ2) is 7.51. The third kappa shape index (κ3) is 3.17. The monoisotopic (exact) mass is 459 g/mol. The number of hydrogen-bond donors (Lipinski definition) is 2. The van der Waals surface area contributed by atoms with E-state index in [1.54, 1.807) is 13.1 Å². The van der Waals surface area contributed by atoms with Crippen LogP contribution in [0.3, 0.4) is 0 Å². The Hall–Kier alpha value is -3.49.